The molecule has 0 saturated heterocycles. The Bertz CT molecular complexity index is 472. The lowest BCUT2D eigenvalue weighted by molar-refractivity contribution is 0.421. The fraction of sp³-hybridized carbons (Fsp3) is 0. The van der Waals surface area contributed by atoms with Crippen molar-refractivity contribution in [2.45, 2.75) is 0 Å². The molecular weight excluding hydrogens is 230 g/mol. The summed E-state index contributed by atoms with van der Waals surface area (Å²) in [6.45, 7) is 0. The van der Waals surface area contributed by atoms with Crippen molar-refractivity contribution in [2.75, 3.05) is 0 Å². The minimum absolute atomic E-state index is 0.0448. The predicted molar refractivity (Wildman–Crippen MR) is 49.7 cm³/mol. The van der Waals surface area contributed by atoms with Crippen LogP contribution in [0.1, 0.15) is 0 Å². The second kappa shape index (κ2) is 3.55. The molecule has 1 aromatic carbocycles. The van der Waals surface area contributed by atoms with Crippen LogP contribution in [-0.4, -0.2) is 10.1 Å². The third kappa shape index (κ3) is 1.71. The molecule has 6 heteroatoms. The molecule has 0 fully saturated rings. The highest BCUT2D eigenvalue weighted by atomic mass is 35.5. The molecule has 1 heterocycles. The number of hydrogen-bond acceptors (Lipinski definition) is 3. The average Bonchev–Trinajstić information content (AvgIpc) is 2.57. The van der Waals surface area contributed by atoms with Gasteiger partial charge in [0.2, 0.25) is 5.82 Å². The summed E-state index contributed by atoms with van der Waals surface area (Å²) in [6, 6.07) is 4.20. The van der Waals surface area contributed by atoms with E-state index >= 15 is 0 Å². The van der Waals surface area contributed by atoms with E-state index < -0.39 is 5.82 Å². The maximum atomic E-state index is 13.0. The van der Waals surface area contributed by atoms with Crippen LogP contribution in [0.2, 0.25) is 10.4 Å². The summed E-state index contributed by atoms with van der Waals surface area (Å²) in [6.07, 6.45) is 0. The van der Waals surface area contributed by atoms with Crippen LogP contribution >= 0.6 is 23.2 Å². The Balaban J connectivity index is 2.47. The van der Waals surface area contributed by atoms with Crippen molar-refractivity contribution in [1.29, 1.82) is 0 Å². The SMILES string of the molecule is Fc1cc(-c2noc(Cl)n2)ccc1Cl. The highest BCUT2D eigenvalue weighted by Gasteiger charge is 2.08. The van der Waals surface area contributed by atoms with Crippen LogP contribution in [0.25, 0.3) is 11.4 Å². The molecule has 1 aromatic heterocycles. The topological polar surface area (TPSA) is 38.9 Å². The molecule has 0 radical (unpaired) electrons. The average molecular weight is 233 g/mol. The highest BCUT2D eigenvalue weighted by Crippen LogP contribution is 2.22. The Labute approximate surface area is 88.4 Å². The van der Waals surface area contributed by atoms with E-state index in [2.05, 4.69) is 14.7 Å². The summed E-state index contributed by atoms with van der Waals surface area (Å²) >= 11 is 10.9. The number of rotatable bonds is 1. The summed E-state index contributed by atoms with van der Waals surface area (Å²) < 4.78 is 17.6. The van der Waals surface area contributed by atoms with Gasteiger partial charge in [-0.2, -0.15) is 4.98 Å². The van der Waals surface area contributed by atoms with Crippen LogP contribution in [0.4, 0.5) is 4.39 Å². The van der Waals surface area contributed by atoms with E-state index in [1.807, 2.05) is 0 Å². The number of halogens is 3. The summed E-state index contributed by atoms with van der Waals surface area (Å²) in [5.74, 6) is -0.310. The quantitative estimate of drug-likeness (QED) is 0.759. The first-order valence-electron chi connectivity index (χ1n) is 3.61. The summed E-state index contributed by atoms with van der Waals surface area (Å²) in [4.78, 5) is 3.73. The fourth-order valence-corrected chi connectivity index (χ4v) is 1.19. The highest BCUT2D eigenvalue weighted by molar-refractivity contribution is 6.30. The Kier molecular flexibility index (Phi) is 2.39. The largest absolute Gasteiger partial charge is 0.321 e. The maximum Gasteiger partial charge on any atom is 0.320 e. The van der Waals surface area contributed by atoms with Crippen molar-refractivity contribution < 1.29 is 8.91 Å². The first-order chi connectivity index (χ1) is 6.66. The van der Waals surface area contributed by atoms with Gasteiger partial charge >= 0.3 is 5.35 Å². The summed E-state index contributed by atoms with van der Waals surface area (Å²) in [5.41, 5.74) is 0.461. The van der Waals surface area contributed by atoms with E-state index in [1.54, 1.807) is 6.07 Å². The fourth-order valence-electron chi connectivity index (χ4n) is 0.957. The van der Waals surface area contributed by atoms with Crippen LogP contribution in [0, 0.1) is 5.82 Å². The molecule has 0 aliphatic carbocycles. The zero-order valence-corrected chi connectivity index (χ0v) is 8.18. The van der Waals surface area contributed by atoms with Crippen LogP contribution in [0.5, 0.6) is 0 Å². The van der Waals surface area contributed by atoms with Crippen LogP contribution in [-0.2, 0) is 0 Å². The molecule has 0 aliphatic rings. The van der Waals surface area contributed by atoms with E-state index in [4.69, 9.17) is 23.2 Å². The van der Waals surface area contributed by atoms with Crippen molar-refractivity contribution in [3.05, 3.63) is 34.4 Å². The van der Waals surface area contributed by atoms with Crippen molar-refractivity contribution in [3.63, 3.8) is 0 Å². The summed E-state index contributed by atoms with van der Waals surface area (Å²) in [7, 11) is 0. The van der Waals surface area contributed by atoms with Crippen molar-refractivity contribution >= 4 is 23.2 Å². The van der Waals surface area contributed by atoms with E-state index in [1.165, 1.54) is 12.1 Å². The van der Waals surface area contributed by atoms with Gasteiger partial charge in [-0.3, -0.25) is 0 Å². The minimum Gasteiger partial charge on any atom is -0.321 e. The molecule has 14 heavy (non-hydrogen) atoms. The van der Waals surface area contributed by atoms with Gasteiger partial charge < -0.3 is 4.52 Å². The van der Waals surface area contributed by atoms with E-state index in [9.17, 15) is 4.39 Å². The zero-order chi connectivity index (χ0) is 10.1. The van der Waals surface area contributed by atoms with Gasteiger partial charge in [0.05, 0.1) is 5.02 Å². The molecule has 2 rings (SSSR count). The van der Waals surface area contributed by atoms with Gasteiger partial charge in [-0.15, -0.1) is 0 Å². The molecule has 0 N–H and O–H groups in total. The Morgan fingerprint density at radius 2 is 2.07 bits per heavy atom. The zero-order valence-electron chi connectivity index (χ0n) is 6.67. The minimum atomic E-state index is -0.537. The third-order valence-electron chi connectivity index (χ3n) is 1.58. The van der Waals surface area contributed by atoms with E-state index in [0.29, 0.717) is 5.56 Å². The molecule has 0 spiro atoms. The molecule has 2 aromatic rings. The maximum absolute atomic E-state index is 13.0. The van der Waals surface area contributed by atoms with E-state index in [-0.39, 0.29) is 16.2 Å². The normalized spacial score (nSPS) is 10.5. The molecule has 0 amide bonds. The van der Waals surface area contributed by atoms with Gasteiger partial charge in [0, 0.05) is 5.56 Å². The lowest BCUT2D eigenvalue weighted by Gasteiger charge is -1.95. The molecule has 3 nitrogen and oxygen atoms in total. The summed E-state index contributed by atoms with van der Waals surface area (Å²) in [5, 5.41) is 3.49. The molecule has 72 valence electrons. The predicted octanol–water partition coefficient (Wildman–Crippen LogP) is 3.18. The van der Waals surface area contributed by atoms with Crippen LogP contribution in [0.15, 0.2) is 22.7 Å². The molecule has 0 saturated carbocycles. The Hall–Kier alpha value is -1.13. The number of nitrogens with zero attached hydrogens (tertiary/aromatic N) is 2. The molecule has 0 bridgehead atoms. The molecule has 0 aliphatic heterocycles. The molecule has 0 atom stereocenters. The van der Waals surface area contributed by atoms with Crippen LogP contribution < -0.4 is 0 Å². The van der Waals surface area contributed by atoms with Gasteiger partial charge in [-0.1, -0.05) is 16.8 Å². The second-order valence-corrected chi connectivity index (χ2v) is 3.23. The standard InChI is InChI=1S/C8H3Cl2FN2O/c9-5-2-1-4(3-6(5)11)7-12-8(10)14-13-7/h1-3H. The van der Waals surface area contributed by atoms with Gasteiger partial charge in [0.1, 0.15) is 5.82 Å². The third-order valence-corrected chi connectivity index (χ3v) is 2.04. The van der Waals surface area contributed by atoms with Gasteiger partial charge in [-0.25, -0.2) is 4.39 Å². The van der Waals surface area contributed by atoms with Crippen LogP contribution in [0.3, 0.4) is 0 Å². The van der Waals surface area contributed by atoms with Gasteiger partial charge in [-0.05, 0) is 29.8 Å². The number of aromatic nitrogens is 2. The smallest absolute Gasteiger partial charge is 0.320 e. The Morgan fingerprint density at radius 3 is 2.64 bits per heavy atom. The first kappa shape index (κ1) is 9.43. The lowest BCUT2D eigenvalue weighted by atomic mass is 10.2. The van der Waals surface area contributed by atoms with E-state index in [0.717, 1.165) is 0 Å². The van der Waals surface area contributed by atoms with Crippen molar-refractivity contribution in [3.8, 4) is 11.4 Å². The Morgan fingerprint density at radius 1 is 1.29 bits per heavy atom. The molecule has 0 unspecified atom stereocenters. The first-order valence-corrected chi connectivity index (χ1v) is 4.37. The lowest BCUT2D eigenvalue weighted by Crippen LogP contribution is -1.83. The number of hydrogen-bond donors (Lipinski definition) is 0. The van der Waals surface area contributed by atoms with Crippen molar-refractivity contribution in [1.82, 2.24) is 10.1 Å². The monoisotopic (exact) mass is 232 g/mol. The van der Waals surface area contributed by atoms with Crippen molar-refractivity contribution in [2.24, 2.45) is 0 Å². The second-order valence-electron chi connectivity index (χ2n) is 2.50. The number of benzene rings is 1. The van der Waals surface area contributed by atoms with Gasteiger partial charge in [0.25, 0.3) is 0 Å². The molecular formula is C8H3Cl2FN2O. The van der Waals surface area contributed by atoms with Gasteiger partial charge in [0.15, 0.2) is 0 Å².